The number of thioether (sulfide) groups is 1. The van der Waals surface area contributed by atoms with Crippen molar-refractivity contribution in [3.8, 4) is 0 Å². The average Bonchev–Trinajstić information content (AvgIpc) is 2.41. The molecular weight excluding hydrogens is 266 g/mol. The maximum atomic E-state index is 11.7. The zero-order chi connectivity index (χ0) is 14.1. The first-order chi connectivity index (χ1) is 9.15. The molecule has 0 aromatic carbocycles. The van der Waals surface area contributed by atoms with Crippen molar-refractivity contribution in [1.82, 2.24) is 5.32 Å². The molecule has 0 heterocycles. The van der Waals surface area contributed by atoms with Crippen LogP contribution >= 0.6 is 11.8 Å². The second-order valence-electron chi connectivity index (χ2n) is 4.83. The summed E-state index contributed by atoms with van der Waals surface area (Å²) in [6.45, 7) is 0.600. The number of carboxylic acids is 1. The van der Waals surface area contributed by atoms with E-state index < -0.39 is 12.0 Å². The molecule has 0 radical (unpaired) electrons. The fourth-order valence-corrected chi connectivity index (χ4v) is 3.07. The summed E-state index contributed by atoms with van der Waals surface area (Å²) in [6.07, 6.45) is 5.09. The van der Waals surface area contributed by atoms with Crippen LogP contribution in [-0.4, -0.2) is 48.2 Å². The topological polar surface area (TPSA) is 75.6 Å². The van der Waals surface area contributed by atoms with Crippen molar-refractivity contribution in [2.24, 2.45) is 5.92 Å². The Hall–Kier alpha value is -0.750. The van der Waals surface area contributed by atoms with E-state index in [1.807, 2.05) is 0 Å². The number of nitrogens with one attached hydrogen (secondary N) is 1. The molecule has 1 amide bonds. The van der Waals surface area contributed by atoms with Gasteiger partial charge in [0, 0.05) is 12.9 Å². The summed E-state index contributed by atoms with van der Waals surface area (Å²) in [7, 11) is 1.62. The van der Waals surface area contributed by atoms with E-state index in [2.05, 4.69) is 5.32 Å². The zero-order valence-electron chi connectivity index (χ0n) is 11.4. The maximum absolute atomic E-state index is 11.7. The minimum absolute atomic E-state index is 0.0826. The maximum Gasteiger partial charge on any atom is 0.326 e. The second-order valence-corrected chi connectivity index (χ2v) is 5.93. The number of carbonyl (C=O) groups excluding carboxylic acids is 1. The zero-order valence-corrected chi connectivity index (χ0v) is 12.2. The fraction of sp³-hybridized carbons (Fsp3) is 0.846. The minimum Gasteiger partial charge on any atom is -0.480 e. The van der Waals surface area contributed by atoms with Crippen molar-refractivity contribution < 1.29 is 19.4 Å². The molecule has 1 saturated carbocycles. The number of rotatable bonds is 8. The minimum atomic E-state index is -0.915. The Kier molecular flexibility index (Phi) is 7.90. The monoisotopic (exact) mass is 289 g/mol. The summed E-state index contributed by atoms with van der Waals surface area (Å²) in [5.41, 5.74) is 0. The first kappa shape index (κ1) is 16.3. The highest BCUT2D eigenvalue weighted by molar-refractivity contribution is 7.99. The molecule has 1 unspecified atom stereocenters. The average molecular weight is 289 g/mol. The van der Waals surface area contributed by atoms with E-state index in [4.69, 9.17) is 4.74 Å². The molecule has 2 N–H and O–H groups in total. The summed E-state index contributed by atoms with van der Waals surface area (Å²) >= 11 is 1.46. The van der Waals surface area contributed by atoms with Crippen LogP contribution in [0.5, 0.6) is 0 Å². The van der Waals surface area contributed by atoms with Gasteiger partial charge in [0.15, 0.2) is 0 Å². The molecule has 0 aromatic rings. The third kappa shape index (κ3) is 6.29. The highest BCUT2D eigenvalue weighted by atomic mass is 32.2. The summed E-state index contributed by atoms with van der Waals surface area (Å²) in [5, 5.41) is 11.9. The standard InChI is InChI=1S/C13H23NO4S/c1-18-7-8-19-9-11(15)14-12(13(16)17)10-5-3-2-4-6-10/h10,12H,2-9H2,1H3,(H,14,15)(H,16,17). The molecule has 1 rings (SSSR count). The molecule has 1 fully saturated rings. The number of aliphatic carboxylic acids is 1. The summed E-state index contributed by atoms with van der Waals surface area (Å²) in [6, 6.07) is -0.726. The fourth-order valence-electron chi connectivity index (χ4n) is 2.37. The Morgan fingerprint density at radius 3 is 2.63 bits per heavy atom. The van der Waals surface area contributed by atoms with Crippen LogP contribution in [0.2, 0.25) is 0 Å². The van der Waals surface area contributed by atoms with Gasteiger partial charge in [0.1, 0.15) is 6.04 Å². The first-order valence-electron chi connectivity index (χ1n) is 6.74. The highest BCUT2D eigenvalue weighted by Gasteiger charge is 2.30. The molecule has 0 spiro atoms. The van der Waals surface area contributed by atoms with Crippen LogP contribution in [0, 0.1) is 5.92 Å². The Bertz CT molecular complexity index is 292. The summed E-state index contributed by atoms with van der Waals surface area (Å²) in [5.74, 6) is 0.00527. The van der Waals surface area contributed by atoms with Crippen molar-refractivity contribution in [2.75, 3.05) is 25.2 Å². The Morgan fingerprint density at radius 1 is 1.37 bits per heavy atom. The van der Waals surface area contributed by atoms with Crippen molar-refractivity contribution in [3.63, 3.8) is 0 Å². The molecule has 1 aliphatic rings. The molecule has 0 saturated heterocycles. The lowest BCUT2D eigenvalue weighted by molar-refractivity contribution is -0.143. The van der Waals surface area contributed by atoms with Crippen LogP contribution in [0.1, 0.15) is 32.1 Å². The van der Waals surface area contributed by atoms with E-state index >= 15 is 0 Å². The molecule has 110 valence electrons. The summed E-state index contributed by atoms with van der Waals surface area (Å²) < 4.78 is 4.89. The van der Waals surface area contributed by atoms with E-state index in [0.717, 1.165) is 31.4 Å². The van der Waals surface area contributed by atoms with E-state index in [-0.39, 0.29) is 11.8 Å². The molecule has 0 aromatic heterocycles. The van der Waals surface area contributed by atoms with Crippen LogP contribution in [0.3, 0.4) is 0 Å². The van der Waals surface area contributed by atoms with Gasteiger partial charge in [0.05, 0.1) is 12.4 Å². The lowest BCUT2D eigenvalue weighted by atomic mass is 9.84. The van der Waals surface area contributed by atoms with E-state index in [9.17, 15) is 14.7 Å². The number of ether oxygens (including phenoxy) is 1. The van der Waals surface area contributed by atoms with E-state index in [1.54, 1.807) is 7.11 Å². The predicted molar refractivity (Wildman–Crippen MR) is 75.3 cm³/mol. The Morgan fingerprint density at radius 2 is 2.05 bits per heavy atom. The van der Waals surface area contributed by atoms with Gasteiger partial charge in [-0.1, -0.05) is 19.3 Å². The SMILES string of the molecule is COCCSCC(=O)NC(C(=O)O)C1CCCCC1. The van der Waals surface area contributed by atoms with Crippen LogP contribution in [-0.2, 0) is 14.3 Å². The molecule has 1 atom stereocenters. The highest BCUT2D eigenvalue weighted by Crippen LogP contribution is 2.26. The number of carboxylic acid groups (broad SMARTS) is 1. The lowest BCUT2D eigenvalue weighted by Gasteiger charge is -2.28. The molecule has 1 aliphatic carbocycles. The van der Waals surface area contributed by atoms with Gasteiger partial charge in [-0.3, -0.25) is 4.79 Å². The number of hydrogen-bond donors (Lipinski definition) is 2. The predicted octanol–water partition coefficient (Wildman–Crippen LogP) is 1.52. The normalized spacial score (nSPS) is 17.9. The van der Waals surface area contributed by atoms with Crippen molar-refractivity contribution in [3.05, 3.63) is 0 Å². The van der Waals surface area contributed by atoms with Crippen LogP contribution in [0.4, 0.5) is 0 Å². The number of hydrogen-bond acceptors (Lipinski definition) is 4. The van der Waals surface area contributed by atoms with Gasteiger partial charge in [-0.15, -0.1) is 11.8 Å². The van der Waals surface area contributed by atoms with Gasteiger partial charge in [-0.05, 0) is 18.8 Å². The van der Waals surface area contributed by atoms with E-state index in [0.29, 0.717) is 12.4 Å². The van der Waals surface area contributed by atoms with Crippen LogP contribution < -0.4 is 5.32 Å². The van der Waals surface area contributed by atoms with Gasteiger partial charge in [0.25, 0.3) is 0 Å². The van der Waals surface area contributed by atoms with Gasteiger partial charge < -0.3 is 15.2 Å². The van der Waals surface area contributed by atoms with Gasteiger partial charge in [-0.25, -0.2) is 4.79 Å². The number of amides is 1. The van der Waals surface area contributed by atoms with Crippen molar-refractivity contribution >= 4 is 23.6 Å². The molecule has 5 nitrogen and oxygen atoms in total. The molecule has 6 heteroatoms. The smallest absolute Gasteiger partial charge is 0.326 e. The van der Waals surface area contributed by atoms with Gasteiger partial charge in [-0.2, -0.15) is 0 Å². The van der Waals surface area contributed by atoms with Crippen LogP contribution in [0.15, 0.2) is 0 Å². The Balaban J connectivity index is 2.35. The quantitative estimate of drug-likeness (QED) is 0.663. The second kappa shape index (κ2) is 9.20. The number of carbonyl (C=O) groups is 2. The number of methoxy groups -OCH3 is 1. The first-order valence-corrected chi connectivity index (χ1v) is 7.89. The molecular formula is C13H23NO4S. The third-order valence-electron chi connectivity index (χ3n) is 3.37. The molecule has 19 heavy (non-hydrogen) atoms. The largest absolute Gasteiger partial charge is 0.480 e. The third-order valence-corrected chi connectivity index (χ3v) is 4.29. The van der Waals surface area contributed by atoms with Crippen molar-refractivity contribution in [1.29, 1.82) is 0 Å². The molecule has 0 aliphatic heterocycles. The molecule has 0 bridgehead atoms. The van der Waals surface area contributed by atoms with Gasteiger partial charge >= 0.3 is 5.97 Å². The summed E-state index contributed by atoms with van der Waals surface area (Å²) in [4.78, 5) is 23.0. The van der Waals surface area contributed by atoms with Gasteiger partial charge in [0.2, 0.25) is 5.91 Å². The van der Waals surface area contributed by atoms with E-state index in [1.165, 1.54) is 18.2 Å². The lowest BCUT2D eigenvalue weighted by Crippen LogP contribution is -2.47. The van der Waals surface area contributed by atoms with Crippen molar-refractivity contribution in [2.45, 2.75) is 38.1 Å². The Labute approximate surface area is 118 Å². The van der Waals surface area contributed by atoms with Crippen LogP contribution in [0.25, 0.3) is 0 Å².